The molecule has 1 spiro atoms. The first-order valence-electron chi connectivity index (χ1n) is 7.06. The van der Waals surface area contributed by atoms with Crippen LogP contribution < -0.4 is 0 Å². The molecule has 18 heavy (non-hydrogen) atoms. The van der Waals surface area contributed by atoms with Gasteiger partial charge < -0.3 is 14.4 Å². The van der Waals surface area contributed by atoms with Crippen LogP contribution in [0.3, 0.4) is 0 Å². The van der Waals surface area contributed by atoms with E-state index in [1.165, 1.54) is 12.8 Å². The van der Waals surface area contributed by atoms with Gasteiger partial charge >= 0.3 is 0 Å². The van der Waals surface area contributed by atoms with Gasteiger partial charge in [0.15, 0.2) is 0 Å². The third-order valence-electron chi connectivity index (χ3n) is 4.87. The first-order chi connectivity index (χ1) is 8.70. The van der Waals surface area contributed by atoms with Crippen LogP contribution in [-0.2, 0) is 14.3 Å². The third kappa shape index (κ3) is 2.05. The zero-order chi connectivity index (χ0) is 12.6. The summed E-state index contributed by atoms with van der Waals surface area (Å²) in [6.07, 6.45) is 5.57. The summed E-state index contributed by atoms with van der Waals surface area (Å²) in [5, 5.41) is 0. The Morgan fingerprint density at radius 2 is 2.11 bits per heavy atom. The van der Waals surface area contributed by atoms with Crippen LogP contribution in [0.5, 0.6) is 0 Å². The molecule has 2 saturated carbocycles. The molecule has 0 atom stereocenters. The smallest absolute Gasteiger partial charge is 0.231 e. The van der Waals surface area contributed by atoms with Crippen molar-refractivity contribution in [3.63, 3.8) is 0 Å². The van der Waals surface area contributed by atoms with Crippen molar-refractivity contribution in [2.24, 2.45) is 10.8 Å². The van der Waals surface area contributed by atoms with E-state index in [0.29, 0.717) is 24.5 Å². The standard InChI is InChI=1S/C14H23NO3/c1-17-11-14(3-2-4-14)12(16)15-7-8-18-10-13(9-15)5-6-13/h2-11H2,1H3. The lowest BCUT2D eigenvalue weighted by Gasteiger charge is -2.43. The van der Waals surface area contributed by atoms with Crippen molar-refractivity contribution in [1.29, 1.82) is 0 Å². The highest BCUT2D eigenvalue weighted by Gasteiger charge is 2.51. The van der Waals surface area contributed by atoms with Crippen molar-refractivity contribution in [1.82, 2.24) is 4.90 Å². The summed E-state index contributed by atoms with van der Waals surface area (Å²) < 4.78 is 10.9. The zero-order valence-corrected chi connectivity index (χ0v) is 11.2. The number of methoxy groups -OCH3 is 1. The molecule has 0 aromatic rings. The molecular formula is C14H23NO3. The molecule has 0 N–H and O–H groups in total. The Morgan fingerprint density at radius 3 is 2.67 bits per heavy atom. The fourth-order valence-electron chi connectivity index (χ4n) is 3.28. The van der Waals surface area contributed by atoms with Gasteiger partial charge in [-0.2, -0.15) is 0 Å². The Hall–Kier alpha value is -0.610. The lowest BCUT2D eigenvalue weighted by molar-refractivity contribution is -0.152. The molecule has 1 heterocycles. The normalized spacial score (nSPS) is 28.6. The van der Waals surface area contributed by atoms with Crippen LogP contribution in [0, 0.1) is 10.8 Å². The summed E-state index contributed by atoms with van der Waals surface area (Å²) in [5.41, 5.74) is 0.0827. The van der Waals surface area contributed by atoms with E-state index in [1.54, 1.807) is 7.11 Å². The van der Waals surface area contributed by atoms with Gasteiger partial charge in [-0.15, -0.1) is 0 Å². The highest BCUT2D eigenvalue weighted by Crippen LogP contribution is 2.49. The molecule has 0 radical (unpaired) electrons. The maximum atomic E-state index is 12.8. The van der Waals surface area contributed by atoms with E-state index in [0.717, 1.165) is 39.0 Å². The lowest BCUT2D eigenvalue weighted by Crippen LogP contribution is -2.52. The molecule has 4 heteroatoms. The highest BCUT2D eigenvalue weighted by atomic mass is 16.5. The average Bonchev–Trinajstić information content (AvgIpc) is 3.11. The lowest BCUT2D eigenvalue weighted by atomic mass is 9.68. The monoisotopic (exact) mass is 253 g/mol. The van der Waals surface area contributed by atoms with E-state index < -0.39 is 0 Å². The summed E-state index contributed by atoms with van der Waals surface area (Å²) in [6, 6.07) is 0. The predicted octanol–water partition coefficient (Wildman–Crippen LogP) is 1.44. The second-order valence-electron chi connectivity index (χ2n) is 6.35. The van der Waals surface area contributed by atoms with Crippen molar-refractivity contribution >= 4 is 5.91 Å². The summed E-state index contributed by atoms with van der Waals surface area (Å²) in [6.45, 7) is 3.77. The van der Waals surface area contributed by atoms with Crippen LogP contribution in [0.4, 0.5) is 0 Å². The number of hydrogen-bond acceptors (Lipinski definition) is 3. The van der Waals surface area contributed by atoms with Crippen molar-refractivity contribution in [2.45, 2.75) is 32.1 Å². The molecule has 1 amide bonds. The second kappa shape index (κ2) is 4.49. The third-order valence-corrected chi connectivity index (χ3v) is 4.87. The van der Waals surface area contributed by atoms with Crippen molar-refractivity contribution < 1.29 is 14.3 Å². The summed E-state index contributed by atoms with van der Waals surface area (Å²) in [5.74, 6) is 0.312. The van der Waals surface area contributed by atoms with Crippen LogP contribution in [0.2, 0.25) is 0 Å². The molecule has 3 aliphatic rings. The van der Waals surface area contributed by atoms with Gasteiger partial charge in [-0.3, -0.25) is 4.79 Å². The molecule has 3 rings (SSSR count). The quantitative estimate of drug-likeness (QED) is 0.764. The Kier molecular flexibility index (Phi) is 3.10. The number of carbonyl (C=O) groups is 1. The molecule has 1 aliphatic heterocycles. The molecule has 102 valence electrons. The van der Waals surface area contributed by atoms with E-state index in [2.05, 4.69) is 4.90 Å². The molecule has 3 fully saturated rings. The molecule has 0 unspecified atom stereocenters. The van der Waals surface area contributed by atoms with Gasteiger partial charge in [0, 0.05) is 25.6 Å². The van der Waals surface area contributed by atoms with Gasteiger partial charge in [0.05, 0.1) is 25.2 Å². The maximum Gasteiger partial charge on any atom is 0.231 e. The van der Waals surface area contributed by atoms with Gasteiger partial charge in [-0.05, 0) is 25.7 Å². The van der Waals surface area contributed by atoms with Gasteiger partial charge in [0.1, 0.15) is 0 Å². The predicted molar refractivity (Wildman–Crippen MR) is 67.2 cm³/mol. The van der Waals surface area contributed by atoms with Gasteiger partial charge in [-0.25, -0.2) is 0 Å². The first kappa shape index (κ1) is 12.4. The number of ether oxygens (including phenoxy) is 2. The van der Waals surface area contributed by atoms with Crippen LogP contribution in [0.25, 0.3) is 0 Å². The van der Waals surface area contributed by atoms with Crippen LogP contribution in [-0.4, -0.2) is 50.8 Å². The first-order valence-corrected chi connectivity index (χ1v) is 7.06. The number of carbonyl (C=O) groups excluding carboxylic acids is 1. The molecule has 0 aromatic carbocycles. The molecule has 2 aliphatic carbocycles. The SMILES string of the molecule is COCC1(C(=O)N2CCOCC3(CC3)C2)CCC1. The minimum absolute atomic E-state index is 0.213. The van der Waals surface area contributed by atoms with E-state index in [4.69, 9.17) is 9.47 Å². The highest BCUT2D eigenvalue weighted by molar-refractivity contribution is 5.84. The number of hydrogen-bond donors (Lipinski definition) is 0. The van der Waals surface area contributed by atoms with Crippen LogP contribution in [0.15, 0.2) is 0 Å². The average molecular weight is 253 g/mol. The van der Waals surface area contributed by atoms with Gasteiger partial charge in [-0.1, -0.05) is 6.42 Å². The minimum atomic E-state index is -0.213. The fraction of sp³-hybridized carbons (Fsp3) is 0.929. The zero-order valence-electron chi connectivity index (χ0n) is 11.2. The molecular weight excluding hydrogens is 230 g/mol. The molecule has 4 nitrogen and oxygen atoms in total. The summed E-state index contributed by atoms with van der Waals surface area (Å²) in [4.78, 5) is 14.8. The Balaban J connectivity index is 1.70. The number of nitrogens with zero attached hydrogens (tertiary/aromatic N) is 1. The Morgan fingerprint density at radius 1 is 1.33 bits per heavy atom. The maximum absolute atomic E-state index is 12.8. The molecule has 0 aromatic heterocycles. The van der Waals surface area contributed by atoms with Crippen LogP contribution in [0.1, 0.15) is 32.1 Å². The topological polar surface area (TPSA) is 38.8 Å². The van der Waals surface area contributed by atoms with Crippen molar-refractivity contribution in [3.05, 3.63) is 0 Å². The van der Waals surface area contributed by atoms with Crippen LogP contribution >= 0.6 is 0 Å². The van der Waals surface area contributed by atoms with E-state index in [-0.39, 0.29) is 5.41 Å². The van der Waals surface area contributed by atoms with Crippen molar-refractivity contribution in [3.8, 4) is 0 Å². The van der Waals surface area contributed by atoms with E-state index >= 15 is 0 Å². The molecule has 1 saturated heterocycles. The largest absolute Gasteiger partial charge is 0.384 e. The second-order valence-corrected chi connectivity index (χ2v) is 6.35. The van der Waals surface area contributed by atoms with Gasteiger partial charge in [0.2, 0.25) is 5.91 Å². The molecule has 0 bridgehead atoms. The number of amides is 1. The minimum Gasteiger partial charge on any atom is -0.384 e. The summed E-state index contributed by atoms with van der Waals surface area (Å²) >= 11 is 0. The van der Waals surface area contributed by atoms with Gasteiger partial charge in [0.25, 0.3) is 0 Å². The van der Waals surface area contributed by atoms with E-state index in [1.807, 2.05) is 0 Å². The Labute approximate surface area is 109 Å². The fourth-order valence-corrected chi connectivity index (χ4v) is 3.28. The van der Waals surface area contributed by atoms with E-state index in [9.17, 15) is 4.79 Å². The number of rotatable bonds is 3. The Bertz CT molecular complexity index is 334. The van der Waals surface area contributed by atoms with Crippen molar-refractivity contribution in [2.75, 3.05) is 40.0 Å². The summed E-state index contributed by atoms with van der Waals surface area (Å²) in [7, 11) is 1.70.